The summed E-state index contributed by atoms with van der Waals surface area (Å²) in [5.41, 5.74) is 1.92. The van der Waals surface area contributed by atoms with Crippen molar-refractivity contribution in [1.29, 1.82) is 0 Å². The van der Waals surface area contributed by atoms with Gasteiger partial charge in [-0.15, -0.1) is 0 Å². The predicted molar refractivity (Wildman–Crippen MR) is 63.1 cm³/mol. The summed E-state index contributed by atoms with van der Waals surface area (Å²) in [5, 5.41) is 15.0. The van der Waals surface area contributed by atoms with E-state index in [0.717, 1.165) is 0 Å². The summed E-state index contributed by atoms with van der Waals surface area (Å²) < 4.78 is 5.03. The summed E-state index contributed by atoms with van der Waals surface area (Å²) in [7, 11) is 0. The van der Waals surface area contributed by atoms with Gasteiger partial charge in [0.25, 0.3) is 5.69 Å². The second kappa shape index (κ2) is 4.18. The van der Waals surface area contributed by atoms with Crippen LogP contribution in [0.15, 0.2) is 22.7 Å². The maximum Gasteiger partial charge on any atom is 0.270 e. The van der Waals surface area contributed by atoms with Crippen LogP contribution in [0.5, 0.6) is 0 Å². The van der Waals surface area contributed by atoms with Crippen LogP contribution in [0.25, 0.3) is 11.1 Å². The lowest BCUT2D eigenvalue weighted by molar-refractivity contribution is -0.384. The number of halogens is 1. The fraction of sp³-hybridized carbons (Fsp3) is 0.182. The number of nitrogens with zero attached hydrogens (tertiary/aromatic N) is 2. The summed E-state index contributed by atoms with van der Waals surface area (Å²) in [6.07, 6.45) is 0. The van der Waals surface area contributed by atoms with Crippen LogP contribution in [0.3, 0.4) is 0 Å². The molecule has 2 aromatic rings. The van der Waals surface area contributed by atoms with Gasteiger partial charge in [0.15, 0.2) is 0 Å². The first-order valence-corrected chi connectivity index (χ1v) is 5.25. The van der Waals surface area contributed by atoms with E-state index >= 15 is 0 Å². The van der Waals surface area contributed by atoms with E-state index < -0.39 is 4.92 Å². The molecule has 1 aromatic heterocycles. The van der Waals surface area contributed by atoms with E-state index in [2.05, 4.69) is 5.16 Å². The Morgan fingerprint density at radius 3 is 2.65 bits per heavy atom. The third kappa shape index (κ3) is 2.01. The van der Waals surface area contributed by atoms with E-state index in [4.69, 9.17) is 16.1 Å². The van der Waals surface area contributed by atoms with Crippen molar-refractivity contribution in [3.8, 4) is 11.1 Å². The molecule has 0 aliphatic rings. The highest BCUT2D eigenvalue weighted by Crippen LogP contribution is 2.35. The Hall–Kier alpha value is -1.88. The number of aromatic nitrogens is 1. The molecule has 0 saturated carbocycles. The molecule has 0 atom stereocenters. The molecule has 0 fully saturated rings. The number of aryl methyl sites for hydroxylation is 2. The molecule has 0 N–H and O–H groups in total. The van der Waals surface area contributed by atoms with Gasteiger partial charge in [-0.2, -0.15) is 0 Å². The van der Waals surface area contributed by atoms with Crippen molar-refractivity contribution in [2.24, 2.45) is 0 Å². The second-order valence-electron chi connectivity index (χ2n) is 3.62. The van der Waals surface area contributed by atoms with E-state index in [9.17, 15) is 10.1 Å². The minimum absolute atomic E-state index is 0.00981. The average molecular weight is 253 g/mol. The normalized spacial score (nSPS) is 10.5. The maximum absolute atomic E-state index is 10.7. The lowest BCUT2D eigenvalue weighted by Gasteiger charge is -2.03. The van der Waals surface area contributed by atoms with Crippen LogP contribution in [-0.4, -0.2) is 10.1 Å². The SMILES string of the molecule is Cc1noc(C)c1-c1cc([N+](=O)[O-])ccc1Cl. The van der Waals surface area contributed by atoms with Crippen molar-refractivity contribution in [3.63, 3.8) is 0 Å². The van der Waals surface area contributed by atoms with Crippen LogP contribution >= 0.6 is 11.6 Å². The highest BCUT2D eigenvalue weighted by atomic mass is 35.5. The molecule has 6 heteroatoms. The van der Waals surface area contributed by atoms with Gasteiger partial charge in [0.05, 0.1) is 10.6 Å². The first-order valence-electron chi connectivity index (χ1n) is 4.88. The Morgan fingerprint density at radius 2 is 2.12 bits per heavy atom. The molecular weight excluding hydrogens is 244 g/mol. The largest absolute Gasteiger partial charge is 0.361 e. The first-order chi connectivity index (χ1) is 8.00. The topological polar surface area (TPSA) is 69.2 Å². The summed E-state index contributed by atoms with van der Waals surface area (Å²) in [5.74, 6) is 0.588. The van der Waals surface area contributed by atoms with Crippen LogP contribution in [0, 0.1) is 24.0 Å². The van der Waals surface area contributed by atoms with Crippen molar-refractivity contribution < 1.29 is 9.45 Å². The molecule has 0 saturated heterocycles. The molecule has 1 heterocycles. The van der Waals surface area contributed by atoms with E-state index in [1.807, 2.05) is 0 Å². The summed E-state index contributed by atoms with van der Waals surface area (Å²) >= 11 is 6.04. The van der Waals surface area contributed by atoms with Gasteiger partial charge < -0.3 is 4.52 Å². The molecule has 0 bridgehead atoms. The van der Waals surface area contributed by atoms with Gasteiger partial charge in [0.2, 0.25) is 0 Å². The number of non-ortho nitro benzene ring substituents is 1. The number of nitro benzene ring substituents is 1. The zero-order chi connectivity index (χ0) is 12.6. The zero-order valence-corrected chi connectivity index (χ0v) is 9.99. The monoisotopic (exact) mass is 252 g/mol. The van der Waals surface area contributed by atoms with Crippen LogP contribution in [0.1, 0.15) is 11.5 Å². The van der Waals surface area contributed by atoms with E-state index in [1.54, 1.807) is 13.8 Å². The first kappa shape index (κ1) is 11.6. The highest BCUT2D eigenvalue weighted by molar-refractivity contribution is 6.33. The number of rotatable bonds is 2. The van der Waals surface area contributed by atoms with Crippen molar-refractivity contribution >= 4 is 17.3 Å². The summed E-state index contributed by atoms with van der Waals surface area (Å²) in [6, 6.07) is 4.29. The van der Waals surface area contributed by atoms with Crippen LogP contribution < -0.4 is 0 Å². The molecule has 0 amide bonds. The Bertz CT molecular complexity index is 573. The molecule has 0 spiro atoms. The van der Waals surface area contributed by atoms with Crippen molar-refractivity contribution in [2.75, 3.05) is 0 Å². The number of nitro groups is 1. The van der Waals surface area contributed by atoms with Crippen LogP contribution in [-0.2, 0) is 0 Å². The predicted octanol–water partition coefficient (Wildman–Crippen LogP) is 3.52. The minimum Gasteiger partial charge on any atom is -0.361 e. The van der Waals surface area contributed by atoms with Gasteiger partial charge in [0.1, 0.15) is 5.76 Å². The number of hydrogen-bond acceptors (Lipinski definition) is 4. The molecular formula is C11H9ClN2O3. The zero-order valence-electron chi connectivity index (χ0n) is 9.23. The van der Waals surface area contributed by atoms with E-state index in [1.165, 1.54) is 18.2 Å². The fourth-order valence-corrected chi connectivity index (χ4v) is 1.90. The Morgan fingerprint density at radius 1 is 1.41 bits per heavy atom. The quantitative estimate of drug-likeness (QED) is 0.606. The molecule has 0 unspecified atom stereocenters. The lowest BCUT2D eigenvalue weighted by atomic mass is 10.0. The van der Waals surface area contributed by atoms with Crippen molar-refractivity contribution in [3.05, 3.63) is 44.8 Å². The molecule has 0 aliphatic carbocycles. The molecule has 5 nitrogen and oxygen atoms in total. The molecule has 1 aromatic carbocycles. The lowest BCUT2D eigenvalue weighted by Crippen LogP contribution is -1.90. The molecule has 0 aliphatic heterocycles. The summed E-state index contributed by atoms with van der Waals surface area (Å²) in [4.78, 5) is 10.3. The van der Waals surface area contributed by atoms with Crippen LogP contribution in [0.4, 0.5) is 5.69 Å². The minimum atomic E-state index is -0.460. The Balaban J connectivity index is 2.66. The fourth-order valence-electron chi connectivity index (χ4n) is 1.69. The van der Waals surface area contributed by atoms with Gasteiger partial charge in [-0.3, -0.25) is 10.1 Å². The Labute approximate surface area is 102 Å². The van der Waals surface area contributed by atoms with E-state index in [-0.39, 0.29) is 5.69 Å². The van der Waals surface area contributed by atoms with Gasteiger partial charge in [-0.1, -0.05) is 16.8 Å². The van der Waals surface area contributed by atoms with Gasteiger partial charge >= 0.3 is 0 Å². The smallest absolute Gasteiger partial charge is 0.270 e. The van der Waals surface area contributed by atoms with E-state index in [0.29, 0.717) is 27.6 Å². The van der Waals surface area contributed by atoms with Gasteiger partial charge in [0, 0.05) is 28.3 Å². The van der Waals surface area contributed by atoms with Crippen molar-refractivity contribution in [1.82, 2.24) is 5.16 Å². The standard InChI is InChI=1S/C11H9ClN2O3/c1-6-11(7(2)17-13-6)9-5-8(14(15)16)3-4-10(9)12/h3-5H,1-2H3. The summed E-state index contributed by atoms with van der Waals surface area (Å²) in [6.45, 7) is 3.51. The number of benzene rings is 1. The van der Waals surface area contributed by atoms with Crippen molar-refractivity contribution in [2.45, 2.75) is 13.8 Å². The molecule has 0 radical (unpaired) electrons. The average Bonchev–Trinajstić information content (AvgIpc) is 2.59. The number of hydrogen-bond donors (Lipinski definition) is 0. The Kier molecular flexibility index (Phi) is 2.85. The molecule has 88 valence electrons. The van der Waals surface area contributed by atoms with Crippen LogP contribution in [0.2, 0.25) is 5.02 Å². The molecule has 2 rings (SSSR count). The highest BCUT2D eigenvalue weighted by Gasteiger charge is 2.17. The van der Waals surface area contributed by atoms with Gasteiger partial charge in [-0.25, -0.2) is 0 Å². The third-order valence-electron chi connectivity index (χ3n) is 2.46. The second-order valence-corrected chi connectivity index (χ2v) is 4.03. The third-order valence-corrected chi connectivity index (χ3v) is 2.79. The maximum atomic E-state index is 10.7. The molecule has 17 heavy (non-hydrogen) atoms. The van der Waals surface area contributed by atoms with Gasteiger partial charge in [-0.05, 0) is 19.9 Å².